The van der Waals surface area contributed by atoms with Gasteiger partial charge in [0.2, 0.25) is 0 Å². The minimum Gasteiger partial charge on any atom is -0.348 e. The standard InChI is InChI=1S/C16H22N4OS/c1-12-4-3-5-14(10-12)18-15(21)19-6-8-20(9-7-19)16-17-11-13(2)22-16/h3-5,10,13H,6-9,11H2,1-2H3,(H,18,21)/t13-/m0/s1. The molecule has 6 heteroatoms. The maximum Gasteiger partial charge on any atom is 0.321 e. The fraction of sp³-hybridized carbons (Fsp3) is 0.500. The van der Waals surface area contributed by atoms with Gasteiger partial charge in [-0.05, 0) is 24.6 Å². The van der Waals surface area contributed by atoms with Crippen LogP contribution >= 0.6 is 11.8 Å². The predicted molar refractivity (Wildman–Crippen MR) is 92.7 cm³/mol. The number of hydrogen-bond acceptors (Lipinski definition) is 4. The predicted octanol–water partition coefficient (Wildman–Crippen LogP) is 2.64. The number of aryl methyl sites for hydroxylation is 1. The molecule has 0 bridgehead atoms. The number of carbonyl (C=O) groups excluding carboxylic acids is 1. The lowest BCUT2D eigenvalue weighted by molar-refractivity contribution is 0.182. The van der Waals surface area contributed by atoms with Crippen molar-refractivity contribution in [1.29, 1.82) is 0 Å². The van der Waals surface area contributed by atoms with Crippen molar-refractivity contribution in [2.75, 3.05) is 38.0 Å². The van der Waals surface area contributed by atoms with Crippen molar-refractivity contribution in [3.05, 3.63) is 29.8 Å². The summed E-state index contributed by atoms with van der Waals surface area (Å²) < 4.78 is 0. The lowest BCUT2D eigenvalue weighted by Crippen LogP contribution is -2.51. The molecule has 2 aliphatic rings. The second kappa shape index (κ2) is 6.60. The second-order valence-electron chi connectivity index (χ2n) is 5.83. The maximum atomic E-state index is 12.3. The van der Waals surface area contributed by atoms with Gasteiger partial charge in [0, 0.05) is 37.1 Å². The number of amidine groups is 1. The Hall–Kier alpha value is -1.69. The first kappa shape index (κ1) is 15.2. The summed E-state index contributed by atoms with van der Waals surface area (Å²) in [7, 11) is 0. The van der Waals surface area contributed by atoms with Gasteiger partial charge in [-0.1, -0.05) is 30.8 Å². The Kier molecular flexibility index (Phi) is 4.57. The lowest BCUT2D eigenvalue weighted by Gasteiger charge is -2.35. The molecule has 0 unspecified atom stereocenters. The van der Waals surface area contributed by atoms with Gasteiger partial charge in [0.1, 0.15) is 0 Å². The van der Waals surface area contributed by atoms with E-state index in [0.29, 0.717) is 5.25 Å². The number of nitrogens with zero attached hydrogens (tertiary/aromatic N) is 3. The van der Waals surface area contributed by atoms with Crippen LogP contribution in [0, 0.1) is 6.92 Å². The minimum atomic E-state index is -0.0142. The molecule has 0 radical (unpaired) electrons. The van der Waals surface area contributed by atoms with Crippen LogP contribution in [-0.4, -0.2) is 59.0 Å². The molecule has 1 saturated heterocycles. The Bertz CT molecular complexity index is 581. The molecule has 2 amide bonds. The molecule has 0 aliphatic carbocycles. The van der Waals surface area contributed by atoms with Crippen LogP contribution in [0.25, 0.3) is 0 Å². The highest BCUT2D eigenvalue weighted by Gasteiger charge is 2.26. The van der Waals surface area contributed by atoms with Crippen LogP contribution < -0.4 is 5.32 Å². The smallest absolute Gasteiger partial charge is 0.321 e. The fourth-order valence-electron chi connectivity index (χ4n) is 2.66. The second-order valence-corrected chi connectivity index (χ2v) is 7.23. The van der Waals surface area contributed by atoms with Crippen molar-refractivity contribution < 1.29 is 4.79 Å². The average Bonchev–Trinajstić information content (AvgIpc) is 2.94. The number of thioether (sulfide) groups is 1. The zero-order valence-corrected chi connectivity index (χ0v) is 13.9. The summed E-state index contributed by atoms with van der Waals surface area (Å²) >= 11 is 1.84. The summed E-state index contributed by atoms with van der Waals surface area (Å²) in [5.74, 6) is 0. The quantitative estimate of drug-likeness (QED) is 0.866. The molecule has 22 heavy (non-hydrogen) atoms. The van der Waals surface area contributed by atoms with Crippen molar-refractivity contribution in [2.45, 2.75) is 19.1 Å². The van der Waals surface area contributed by atoms with E-state index in [1.54, 1.807) is 0 Å². The number of benzene rings is 1. The van der Waals surface area contributed by atoms with Crippen LogP contribution in [0.4, 0.5) is 10.5 Å². The van der Waals surface area contributed by atoms with E-state index in [4.69, 9.17) is 0 Å². The number of rotatable bonds is 1. The minimum absolute atomic E-state index is 0.0142. The lowest BCUT2D eigenvalue weighted by atomic mass is 10.2. The number of anilines is 1. The van der Waals surface area contributed by atoms with E-state index in [-0.39, 0.29) is 6.03 Å². The number of nitrogens with one attached hydrogen (secondary N) is 1. The van der Waals surface area contributed by atoms with Gasteiger partial charge in [-0.2, -0.15) is 0 Å². The van der Waals surface area contributed by atoms with Crippen LogP contribution in [0.15, 0.2) is 29.3 Å². The first-order chi connectivity index (χ1) is 10.6. The molecule has 1 fully saturated rings. The molecular weight excluding hydrogens is 296 g/mol. The van der Waals surface area contributed by atoms with E-state index in [2.05, 4.69) is 22.1 Å². The summed E-state index contributed by atoms with van der Waals surface area (Å²) in [5, 5.41) is 4.70. The highest BCUT2D eigenvalue weighted by atomic mass is 32.2. The summed E-state index contributed by atoms with van der Waals surface area (Å²) in [6.45, 7) is 8.34. The van der Waals surface area contributed by atoms with E-state index >= 15 is 0 Å². The molecule has 118 valence electrons. The van der Waals surface area contributed by atoms with E-state index in [1.165, 1.54) is 0 Å². The molecule has 0 aromatic heterocycles. The number of urea groups is 1. The SMILES string of the molecule is Cc1cccc(NC(=O)N2CCN(C3=NC[C@H](C)S3)CC2)c1. The highest BCUT2D eigenvalue weighted by molar-refractivity contribution is 8.14. The van der Waals surface area contributed by atoms with Gasteiger partial charge in [-0.25, -0.2) is 4.79 Å². The fourth-order valence-corrected chi connectivity index (χ4v) is 3.65. The number of aliphatic imine (C=N–C) groups is 1. The summed E-state index contributed by atoms with van der Waals surface area (Å²) in [6, 6.07) is 7.88. The third kappa shape index (κ3) is 3.55. The van der Waals surface area contributed by atoms with Gasteiger partial charge in [-0.3, -0.25) is 4.99 Å². The first-order valence-corrected chi connectivity index (χ1v) is 8.58. The maximum absolute atomic E-state index is 12.3. The third-order valence-electron chi connectivity index (χ3n) is 3.90. The van der Waals surface area contributed by atoms with E-state index in [0.717, 1.165) is 49.1 Å². The number of piperazine rings is 1. The zero-order valence-electron chi connectivity index (χ0n) is 13.1. The summed E-state index contributed by atoms with van der Waals surface area (Å²) in [6.07, 6.45) is 0. The van der Waals surface area contributed by atoms with Gasteiger partial charge in [-0.15, -0.1) is 0 Å². The van der Waals surface area contributed by atoms with E-state index in [1.807, 2.05) is 47.9 Å². The third-order valence-corrected chi connectivity index (χ3v) is 5.05. The monoisotopic (exact) mass is 318 g/mol. The van der Waals surface area contributed by atoms with Crippen LogP contribution in [-0.2, 0) is 0 Å². The summed E-state index contributed by atoms with van der Waals surface area (Å²) in [4.78, 5) is 21.1. The molecule has 1 aromatic carbocycles. The molecule has 1 aromatic rings. The molecule has 5 nitrogen and oxygen atoms in total. The number of amides is 2. The summed E-state index contributed by atoms with van der Waals surface area (Å²) in [5.41, 5.74) is 2.00. The van der Waals surface area contributed by atoms with Gasteiger partial charge in [0.15, 0.2) is 5.17 Å². The Morgan fingerprint density at radius 3 is 2.73 bits per heavy atom. The van der Waals surface area contributed by atoms with E-state index < -0.39 is 0 Å². The van der Waals surface area contributed by atoms with Gasteiger partial charge in [0.25, 0.3) is 0 Å². The molecule has 1 atom stereocenters. The van der Waals surface area contributed by atoms with Gasteiger partial charge >= 0.3 is 6.03 Å². The Labute approximate surface area is 135 Å². The normalized spacial score (nSPS) is 21.7. The van der Waals surface area contributed by atoms with Crippen molar-refractivity contribution >= 4 is 28.6 Å². The Balaban J connectivity index is 1.52. The van der Waals surface area contributed by atoms with Crippen LogP contribution in [0.1, 0.15) is 12.5 Å². The van der Waals surface area contributed by atoms with Crippen molar-refractivity contribution in [2.24, 2.45) is 4.99 Å². The molecule has 1 N–H and O–H groups in total. The average molecular weight is 318 g/mol. The Morgan fingerprint density at radius 2 is 2.09 bits per heavy atom. The van der Waals surface area contributed by atoms with Crippen molar-refractivity contribution in [3.63, 3.8) is 0 Å². The highest BCUT2D eigenvalue weighted by Crippen LogP contribution is 2.23. The van der Waals surface area contributed by atoms with Crippen molar-refractivity contribution in [3.8, 4) is 0 Å². The Morgan fingerprint density at radius 1 is 1.32 bits per heavy atom. The van der Waals surface area contributed by atoms with Crippen molar-refractivity contribution in [1.82, 2.24) is 9.80 Å². The first-order valence-electron chi connectivity index (χ1n) is 7.70. The van der Waals surface area contributed by atoms with Crippen LogP contribution in [0.2, 0.25) is 0 Å². The zero-order chi connectivity index (χ0) is 15.5. The molecule has 3 rings (SSSR count). The van der Waals surface area contributed by atoms with Gasteiger partial charge < -0.3 is 15.1 Å². The molecule has 0 spiro atoms. The van der Waals surface area contributed by atoms with Crippen LogP contribution in [0.3, 0.4) is 0 Å². The number of hydrogen-bond donors (Lipinski definition) is 1. The largest absolute Gasteiger partial charge is 0.348 e. The molecule has 0 saturated carbocycles. The van der Waals surface area contributed by atoms with E-state index in [9.17, 15) is 4.79 Å². The molecular formula is C16H22N4OS. The topological polar surface area (TPSA) is 47.9 Å². The van der Waals surface area contributed by atoms with Crippen LogP contribution in [0.5, 0.6) is 0 Å². The molecule has 2 aliphatic heterocycles. The van der Waals surface area contributed by atoms with Gasteiger partial charge in [0.05, 0.1) is 6.54 Å². The number of carbonyl (C=O) groups is 1. The molecule has 2 heterocycles.